The predicted molar refractivity (Wildman–Crippen MR) is 63.1 cm³/mol. The molecule has 0 unspecified atom stereocenters. The van der Waals surface area contributed by atoms with Gasteiger partial charge < -0.3 is 9.84 Å². The lowest BCUT2D eigenvalue weighted by atomic mass is 10.2. The van der Waals surface area contributed by atoms with E-state index in [1.165, 1.54) is 12.8 Å². The second-order valence-corrected chi connectivity index (χ2v) is 3.72. The van der Waals surface area contributed by atoms with Gasteiger partial charge in [-0.2, -0.15) is 0 Å². The maximum absolute atomic E-state index is 10.6. The fourth-order valence-electron chi connectivity index (χ4n) is 1.46. The smallest absolute Gasteiger partial charge is 0.168 e. The van der Waals surface area contributed by atoms with Gasteiger partial charge in [0.15, 0.2) is 17.8 Å². The van der Waals surface area contributed by atoms with Gasteiger partial charge in [0, 0.05) is 0 Å². The van der Waals surface area contributed by atoms with E-state index in [9.17, 15) is 9.90 Å². The number of hydrogen-bond acceptors (Lipinski definition) is 3. The third-order valence-electron chi connectivity index (χ3n) is 2.41. The lowest BCUT2D eigenvalue weighted by Crippen LogP contribution is -1.98. The van der Waals surface area contributed by atoms with E-state index in [0.29, 0.717) is 18.6 Å². The summed E-state index contributed by atoms with van der Waals surface area (Å²) < 4.78 is 5.42. The van der Waals surface area contributed by atoms with E-state index in [1.54, 1.807) is 18.2 Å². The van der Waals surface area contributed by atoms with Gasteiger partial charge in [-0.1, -0.05) is 32.3 Å². The monoisotopic (exact) mass is 222 g/mol. The maximum atomic E-state index is 10.6. The molecule has 3 nitrogen and oxygen atoms in total. The molecule has 3 heteroatoms. The highest BCUT2D eigenvalue weighted by atomic mass is 16.5. The van der Waals surface area contributed by atoms with Gasteiger partial charge in [-0.05, 0) is 18.6 Å². The van der Waals surface area contributed by atoms with Crippen LogP contribution in [0.15, 0.2) is 18.2 Å². The zero-order valence-corrected chi connectivity index (χ0v) is 9.61. The summed E-state index contributed by atoms with van der Waals surface area (Å²) in [5, 5.41) is 9.64. The van der Waals surface area contributed by atoms with E-state index >= 15 is 0 Å². The minimum atomic E-state index is -0.0620. The molecule has 0 amide bonds. The summed E-state index contributed by atoms with van der Waals surface area (Å²) in [7, 11) is 0. The molecule has 0 atom stereocenters. The van der Waals surface area contributed by atoms with Crippen molar-refractivity contribution in [3.05, 3.63) is 23.8 Å². The Morgan fingerprint density at radius 2 is 2.12 bits per heavy atom. The molecule has 0 aliphatic rings. The van der Waals surface area contributed by atoms with Crippen LogP contribution in [0.3, 0.4) is 0 Å². The zero-order chi connectivity index (χ0) is 11.8. The van der Waals surface area contributed by atoms with Gasteiger partial charge >= 0.3 is 0 Å². The average Bonchev–Trinajstić information content (AvgIpc) is 2.31. The first-order valence-electron chi connectivity index (χ1n) is 5.69. The summed E-state index contributed by atoms with van der Waals surface area (Å²) in [5.74, 6) is 0.328. The van der Waals surface area contributed by atoms with Gasteiger partial charge in [0.1, 0.15) is 0 Å². The molecule has 1 aromatic carbocycles. The van der Waals surface area contributed by atoms with E-state index in [2.05, 4.69) is 6.92 Å². The summed E-state index contributed by atoms with van der Waals surface area (Å²) >= 11 is 0. The Labute approximate surface area is 96.1 Å². The summed E-state index contributed by atoms with van der Waals surface area (Å²) in [4.78, 5) is 10.6. The highest BCUT2D eigenvalue weighted by Gasteiger charge is 2.06. The van der Waals surface area contributed by atoms with Crippen molar-refractivity contribution in [3.63, 3.8) is 0 Å². The quantitative estimate of drug-likeness (QED) is 0.569. The number of carbonyl (C=O) groups is 1. The number of phenols is 1. The standard InChI is InChI=1S/C13H18O3/c1-2-3-4-5-9-16-12-8-6-7-11(10-14)13(12)15/h6-8,10,15H,2-5,9H2,1H3. The van der Waals surface area contributed by atoms with Crippen molar-refractivity contribution in [1.82, 2.24) is 0 Å². The first-order valence-corrected chi connectivity index (χ1v) is 5.69. The highest BCUT2D eigenvalue weighted by Crippen LogP contribution is 2.28. The van der Waals surface area contributed by atoms with Gasteiger partial charge in [0.05, 0.1) is 12.2 Å². The van der Waals surface area contributed by atoms with Crippen molar-refractivity contribution < 1.29 is 14.6 Å². The molecule has 0 saturated carbocycles. The first kappa shape index (κ1) is 12.6. The molecule has 0 fully saturated rings. The van der Waals surface area contributed by atoms with Crippen LogP contribution >= 0.6 is 0 Å². The molecule has 0 saturated heterocycles. The van der Waals surface area contributed by atoms with Crippen LogP contribution < -0.4 is 4.74 Å². The van der Waals surface area contributed by atoms with Gasteiger partial charge in [-0.3, -0.25) is 4.79 Å². The van der Waals surface area contributed by atoms with Crippen molar-refractivity contribution in [2.75, 3.05) is 6.61 Å². The summed E-state index contributed by atoms with van der Waals surface area (Å²) in [6.45, 7) is 2.73. The number of aromatic hydroxyl groups is 1. The number of hydrogen-bond donors (Lipinski definition) is 1. The van der Waals surface area contributed by atoms with Gasteiger partial charge in [-0.25, -0.2) is 0 Å². The minimum Gasteiger partial charge on any atom is -0.504 e. The lowest BCUT2D eigenvalue weighted by Gasteiger charge is -2.08. The van der Waals surface area contributed by atoms with Crippen LogP contribution in [0.2, 0.25) is 0 Å². The number of rotatable bonds is 7. The van der Waals surface area contributed by atoms with Crippen LogP contribution in [0.25, 0.3) is 0 Å². The SMILES string of the molecule is CCCCCCOc1cccc(C=O)c1O. The molecule has 0 aromatic heterocycles. The Morgan fingerprint density at radius 1 is 1.31 bits per heavy atom. The van der Waals surface area contributed by atoms with Crippen molar-refractivity contribution in [1.29, 1.82) is 0 Å². The fraction of sp³-hybridized carbons (Fsp3) is 0.462. The molecule has 88 valence electrons. The Hall–Kier alpha value is -1.51. The fourth-order valence-corrected chi connectivity index (χ4v) is 1.46. The highest BCUT2D eigenvalue weighted by molar-refractivity contribution is 5.80. The second kappa shape index (κ2) is 6.88. The van der Waals surface area contributed by atoms with E-state index in [4.69, 9.17) is 4.74 Å². The molecule has 0 bridgehead atoms. The molecule has 0 radical (unpaired) electrons. The van der Waals surface area contributed by atoms with Crippen LogP contribution in [0.1, 0.15) is 43.0 Å². The molecule has 1 rings (SSSR count). The third kappa shape index (κ3) is 3.57. The van der Waals surface area contributed by atoms with E-state index in [-0.39, 0.29) is 11.3 Å². The average molecular weight is 222 g/mol. The number of unbranched alkanes of at least 4 members (excludes halogenated alkanes) is 3. The summed E-state index contributed by atoms with van der Waals surface area (Å²) in [6, 6.07) is 4.93. The first-order chi connectivity index (χ1) is 7.79. The largest absolute Gasteiger partial charge is 0.504 e. The zero-order valence-electron chi connectivity index (χ0n) is 9.61. The third-order valence-corrected chi connectivity index (χ3v) is 2.41. The molecular weight excluding hydrogens is 204 g/mol. The van der Waals surface area contributed by atoms with Gasteiger partial charge in [0.2, 0.25) is 0 Å². The van der Waals surface area contributed by atoms with Crippen LogP contribution in [-0.4, -0.2) is 18.0 Å². The predicted octanol–water partition coefficient (Wildman–Crippen LogP) is 3.16. The Balaban J connectivity index is 2.44. The second-order valence-electron chi connectivity index (χ2n) is 3.72. The molecule has 1 aromatic rings. The number of carbonyl (C=O) groups excluding carboxylic acids is 1. The van der Waals surface area contributed by atoms with Crippen LogP contribution in [0.5, 0.6) is 11.5 Å². The normalized spacial score (nSPS) is 10.1. The molecule has 0 spiro atoms. The Kier molecular flexibility index (Phi) is 5.40. The van der Waals surface area contributed by atoms with Crippen molar-refractivity contribution in [2.45, 2.75) is 32.6 Å². The summed E-state index contributed by atoms with van der Waals surface area (Å²) in [5.41, 5.74) is 0.269. The topological polar surface area (TPSA) is 46.5 Å². The Bertz CT molecular complexity index is 334. The number of phenolic OH excluding ortho intramolecular Hbond substituents is 1. The van der Waals surface area contributed by atoms with Gasteiger partial charge in [-0.15, -0.1) is 0 Å². The van der Waals surface area contributed by atoms with Crippen molar-refractivity contribution in [2.24, 2.45) is 0 Å². The van der Waals surface area contributed by atoms with Crippen molar-refractivity contribution >= 4 is 6.29 Å². The molecule has 0 aliphatic carbocycles. The number of aldehydes is 1. The van der Waals surface area contributed by atoms with E-state index in [0.717, 1.165) is 12.8 Å². The van der Waals surface area contributed by atoms with Crippen molar-refractivity contribution in [3.8, 4) is 11.5 Å². The number of para-hydroxylation sites is 1. The van der Waals surface area contributed by atoms with E-state index in [1.807, 2.05) is 0 Å². The molecule has 16 heavy (non-hydrogen) atoms. The van der Waals surface area contributed by atoms with Crippen LogP contribution in [-0.2, 0) is 0 Å². The van der Waals surface area contributed by atoms with Crippen LogP contribution in [0, 0.1) is 0 Å². The van der Waals surface area contributed by atoms with E-state index < -0.39 is 0 Å². The minimum absolute atomic E-state index is 0.0620. The van der Waals surface area contributed by atoms with Crippen LogP contribution in [0.4, 0.5) is 0 Å². The molecule has 0 heterocycles. The molecular formula is C13H18O3. The molecule has 1 N–H and O–H groups in total. The summed E-state index contributed by atoms with van der Waals surface area (Å²) in [6.07, 6.45) is 5.11. The molecule has 0 aliphatic heterocycles. The maximum Gasteiger partial charge on any atom is 0.168 e. The lowest BCUT2D eigenvalue weighted by molar-refractivity contribution is 0.112. The van der Waals surface area contributed by atoms with Gasteiger partial charge in [0.25, 0.3) is 0 Å². The number of benzene rings is 1. The number of ether oxygens (including phenoxy) is 1. The Morgan fingerprint density at radius 3 is 2.81 bits per heavy atom.